The van der Waals surface area contributed by atoms with Gasteiger partial charge < -0.3 is 14.6 Å². The first-order chi connectivity index (χ1) is 19.3. The Morgan fingerprint density at radius 1 is 1.12 bits per heavy atom. The van der Waals surface area contributed by atoms with Crippen molar-refractivity contribution in [1.29, 1.82) is 0 Å². The minimum absolute atomic E-state index is 0.00667. The minimum atomic E-state index is -3.81. The highest BCUT2D eigenvalue weighted by Gasteiger charge is 2.54. The summed E-state index contributed by atoms with van der Waals surface area (Å²) in [5.74, 6) is 5.02. The van der Waals surface area contributed by atoms with Gasteiger partial charge >= 0.3 is 0 Å². The molecule has 1 aliphatic heterocycles. The zero-order valence-electron chi connectivity index (χ0n) is 21.4. The van der Waals surface area contributed by atoms with Crippen molar-refractivity contribution in [1.82, 2.24) is 5.43 Å². The molecule has 13 heteroatoms. The zero-order chi connectivity index (χ0) is 28.6. The maximum absolute atomic E-state index is 13.5. The van der Waals surface area contributed by atoms with Gasteiger partial charge in [-0.2, -0.15) is 0 Å². The van der Waals surface area contributed by atoms with Crippen molar-refractivity contribution in [2.24, 2.45) is 15.9 Å². The maximum Gasteiger partial charge on any atom is 0.266 e. The molecule has 2 atom stereocenters. The van der Waals surface area contributed by atoms with Gasteiger partial charge in [-0.25, -0.2) is 19.3 Å². The normalized spacial score (nSPS) is 18.2. The van der Waals surface area contributed by atoms with Crippen LogP contribution in [0.4, 0.5) is 5.69 Å². The third-order valence-electron chi connectivity index (χ3n) is 6.39. The number of hydrogen-bond donors (Lipinski definition) is 3. The summed E-state index contributed by atoms with van der Waals surface area (Å²) in [5.41, 5.74) is 10.5. The number of nitrogens with one attached hydrogen (secondary N) is 1. The first-order valence-electron chi connectivity index (χ1n) is 12.4. The molecule has 0 saturated heterocycles. The number of hydrazine groups is 1. The van der Waals surface area contributed by atoms with Crippen molar-refractivity contribution < 1.29 is 27.8 Å². The second-order valence-electron chi connectivity index (χ2n) is 8.89. The first-order valence-corrected chi connectivity index (χ1v) is 14.0. The van der Waals surface area contributed by atoms with Gasteiger partial charge in [0.05, 0.1) is 17.3 Å². The van der Waals surface area contributed by atoms with E-state index in [4.69, 9.17) is 26.0 Å². The smallest absolute Gasteiger partial charge is 0.266 e. The fourth-order valence-corrected chi connectivity index (χ4v) is 5.74. The molecule has 208 valence electrons. The summed E-state index contributed by atoms with van der Waals surface area (Å²) in [6.07, 6.45) is -0.972. The van der Waals surface area contributed by atoms with E-state index < -0.39 is 33.1 Å². The van der Waals surface area contributed by atoms with Gasteiger partial charge in [-0.1, -0.05) is 47.6 Å². The van der Waals surface area contributed by atoms with Crippen molar-refractivity contribution in [3.63, 3.8) is 0 Å². The van der Waals surface area contributed by atoms with Gasteiger partial charge in [-0.15, -0.1) is 0 Å². The summed E-state index contributed by atoms with van der Waals surface area (Å²) < 4.78 is 38.2. The van der Waals surface area contributed by atoms with Crippen LogP contribution >= 0.6 is 0 Å². The van der Waals surface area contributed by atoms with Crippen LogP contribution in [0, 0.1) is 0 Å². The Bertz CT molecular complexity index is 1520. The topological polar surface area (TPSA) is 189 Å². The van der Waals surface area contributed by atoms with E-state index in [-0.39, 0.29) is 29.5 Å². The van der Waals surface area contributed by atoms with Gasteiger partial charge in [0, 0.05) is 41.2 Å². The van der Waals surface area contributed by atoms with E-state index in [2.05, 4.69) is 20.4 Å². The number of aliphatic imine (C=N–C) groups is 1. The third kappa shape index (κ3) is 6.08. The van der Waals surface area contributed by atoms with E-state index in [1.807, 2.05) is 0 Å². The average Bonchev–Trinajstić information content (AvgIpc) is 3.38. The Labute approximate surface area is 231 Å². The molecular formula is C27H28N6O6S. The van der Waals surface area contributed by atoms with Crippen LogP contribution in [0.3, 0.4) is 0 Å². The number of benzene rings is 3. The molecule has 1 heterocycles. The molecule has 1 amide bonds. The summed E-state index contributed by atoms with van der Waals surface area (Å²) >= 11 is 0. The lowest BCUT2D eigenvalue weighted by Crippen LogP contribution is -2.51. The summed E-state index contributed by atoms with van der Waals surface area (Å²) in [5, 5.41) is 12.7. The Balaban J connectivity index is 1.78. The number of hydrogen-bond acceptors (Lipinski definition) is 9. The molecule has 0 saturated carbocycles. The molecule has 0 unspecified atom stereocenters. The van der Waals surface area contributed by atoms with E-state index in [0.29, 0.717) is 29.9 Å². The van der Waals surface area contributed by atoms with Crippen molar-refractivity contribution in [2.75, 3.05) is 19.0 Å². The number of rotatable bonds is 12. The van der Waals surface area contributed by atoms with Crippen LogP contribution in [0.25, 0.3) is 10.4 Å². The van der Waals surface area contributed by atoms with E-state index in [0.717, 1.165) is 0 Å². The molecule has 0 fully saturated rings. The molecule has 3 aromatic carbocycles. The molecule has 0 bridgehead atoms. The Hall–Kier alpha value is -4.42. The van der Waals surface area contributed by atoms with Crippen LogP contribution in [0.2, 0.25) is 0 Å². The monoisotopic (exact) mass is 564 g/mol. The van der Waals surface area contributed by atoms with Crippen LogP contribution in [-0.2, 0) is 19.4 Å². The highest BCUT2D eigenvalue weighted by molar-refractivity contribution is 7.91. The lowest BCUT2D eigenvalue weighted by molar-refractivity contribution is -0.129. The first kappa shape index (κ1) is 28.6. The second kappa shape index (κ2) is 12.6. The van der Waals surface area contributed by atoms with E-state index >= 15 is 0 Å². The van der Waals surface area contributed by atoms with Gasteiger partial charge in [0.2, 0.25) is 5.90 Å². The van der Waals surface area contributed by atoms with Crippen LogP contribution in [0.15, 0.2) is 93.9 Å². The number of sulfone groups is 1. The number of carbonyl (C=O) groups is 1. The largest absolute Gasteiger partial charge is 0.494 e. The van der Waals surface area contributed by atoms with Gasteiger partial charge in [0.1, 0.15) is 5.75 Å². The van der Waals surface area contributed by atoms with Crippen LogP contribution in [0.1, 0.15) is 30.1 Å². The summed E-state index contributed by atoms with van der Waals surface area (Å²) in [6, 6.07) is 21.1. The van der Waals surface area contributed by atoms with E-state index in [9.17, 15) is 13.2 Å². The summed E-state index contributed by atoms with van der Waals surface area (Å²) in [7, 11) is -3.81. The van der Waals surface area contributed by atoms with Crippen molar-refractivity contribution >= 4 is 27.3 Å². The molecular weight excluding hydrogens is 536 g/mol. The number of carbonyl (C=O) groups excluding carboxylic acids is 1. The summed E-state index contributed by atoms with van der Waals surface area (Å²) in [4.78, 5) is 21.1. The van der Waals surface area contributed by atoms with Crippen molar-refractivity contribution in [3.05, 3.63) is 100 Å². The fourth-order valence-electron chi connectivity index (χ4n) is 4.36. The van der Waals surface area contributed by atoms with E-state index in [1.54, 1.807) is 66.7 Å². The minimum Gasteiger partial charge on any atom is -0.494 e. The number of nitrogens with zero attached hydrogens (tertiary/aromatic N) is 4. The molecule has 0 aromatic heterocycles. The number of amides is 1. The predicted octanol–water partition coefficient (Wildman–Crippen LogP) is 3.50. The number of ether oxygens (including phenoxy) is 2. The molecule has 12 nitrogen and oxygen atoms in total. The quantitative estimate of drug-likeness (QED) is 0.0570. The molecule has 0 aliphatic carbocycles. The summed E-state index contributed by atoms with van der Waals surface area (Å²) in [6.45, 7) is 0.341. The SMILES string of the molecule is [N-]=[N+]=Nc1ccccc1[C@@H]1OC(c2ccc(OCCCO)cc2)=N[C@]1(CCS(=O)(=O)c1ccccc1)C(=O)NN. The van der Waals surface area contributed by atoms with Gasteiger partial charge in [-0.05, 0) is 41.9 Å². The van der Waals surface area contributed by atoms with Crippen molar-refractivity contribution in [3.8, 4) is 5.75 Å². The Morgan fingerprint density at radius 2 is 1.82 bits per heavy atom. The molecule has 0 radical (unpaired) electrons. The van der Waals surface area contributed by atoms with E-state index in [1.165, 1.54) is 12.1 Å². The molecule has 3 aromatic rings. The second-order valence-corrected chi connectivity index (χ2v) is 11.0. The van der Waals surface area contributed by atoms with Gasteiger partial charge in [0.15, 0.2) is 21.5 Å². The Morgan fingerprint density at radius 3 is 2.50 bits per heavy atom. The van der Waals surface area contributed by atoms with Crippen LogP contribution < -0.4 is 16.0 Å². The van der Waals surface area contributed by atoms with Crippen molar-refractivity contribution in [2.45, 2.75) is 29.4 Å². The van der Waals surface area contributed by atoms with Gasteiger partial charge in [-0.3, -0.25) is 10.2 Å². The zero-order valence-corrected chi connectivity index (χ0v) is 22.2. The number of aliphatic hydroxyl groups is 1. The number of nitrogens with two attached hydrogens (primary N) is 1. The molecule has 0 spiro atoms. The predicted molar refractivity (Wildman–Crippen MR) is 147 cm³/mol. The molecule has 4 rings (SSSR count). The highest BCUT2D eigenvalue weighted by Crippen LogP contribution is 2.45. The van der Waals surface area contributed by atoms with Gasteiger partial charge in [0.25, 0.3) is 5.91 Å². The number of azide groups is 1. The molecule has 40 heavy (non-hydrogen) atoms. The molecule has 4 N–H and O–H groups in total. The lowest BCUT2D eigenvalue weighted by Gasteiger charge is -2.30. The average molecular weight is 565 g/mol. The van der Waals surface area contributed by atoms with Crippen LogP contribution in [0.5, 0.6) is 5.75 Å². The fraction of sp³-hybridized carbons (Fsp3) is 0.259. The number of aliphatic hydroxyl groups excluding tert-OH is 1. The lowest BCUT2D eigenvalue weighted by atomic mass is 9.84. The maximum atomic E-state index is 13.5. The molecule has 1 aliphatic rings. The highest BCUT2D eigenvalue weighted by atomic mass is 32.2. The standard InChI is InChI=1S/C27H28N6O6S/c28-31-26(35)27(15-18-40(36,37)21-7-2-1-3-8-21)24(22-9-4-5-10-23(22)32-33-29)39-25(30-27)19-11-13-20(14-12-19)38-17-6-16-34/h1-5,7-14,24,34H,6,15-18,28H2,(H,31,35)/t24-,27-/m0/s1. The Kier molecular flexibility index (Phi) is 9.02. The van der Waals surface area contributed by atoms with Crippen LogP contribution in [-0.4, -0.2) is 49.8 Å². The third-order valence-corrected chi connectivity index (χ3v) is 8.12.